The van der Waals surface area contributed by atoms with Gasteiger partial charge < -0.3 is 9.84 Å². The Kier molecular flexibility index (Phi) is 2.36. The number of ether oxygens (including phenoxy) is 1. The second-order valence-electron chi connectivity index (χ2n) is 5.54. The van der Waals surface area contributed by atoms with Crippen molar-refractivity contribution in [3.8, 4) is 0 Å². The number of aliphatic carboxylic acids is 1. The molecule has 16 heavy (non-hydrogen) atoms. The molecule has 0 aromatic rings. The highest BCUT2D eigenvalue weighted by atomic mass is 16.6. The van der Waals surface area contributed by atoms with Crippen molar-refractivity contribution >= 4 is 12.1 Å². The quantitative estimate of drug-likeness (QED) is 0.736. The molecule has 0 radical (unpaired) electrons. The highest BCUT2D eigenvalue weighted by Crippen LogP contribution is 2.48. The molecule has 0 bridgehead atoms. The Morgan fingerprint density at radius 3 is 2.44 bits per heavy atom. The first-order chi connectivity index (χ1) is 7.29. The number of carboxylic acids is 1. The minimum absolute atomic E-state index is 0.0935. The highest BCUT2D eigenvalue weighted by molar-refractivity contribution is 5.82. The van der Waals surface area contributed by atoms with Crippen molar-refractivity contribution in [2.45, 2.75) is 51.3 Å². The van der Waals surface area contributed by atoms with Gasteiger partial charge in [0.15, 0.2) is 0 Å². The van der Waals surface area contributed by atoms with Gasteiger partial charge >= 0.3 is 12.1 Å². The lowest BCUT2D eigenvalue weighted by Crippen LogP contribution is -2.45. The van der Waals surface area contributed by atoms with Crippen molar-refractivity contribution in [3.05, 3.63) is 0 Å². The van der Waals surface area contributed by atoms with Gasteiger partial charge in [-0.2, -0.15) is 0 Å². The summed E-state index contributed by atoms with van der Waals surface area (Å²) in [5.74, 6) is -0.563. The van der Waals surface area contributed by atoms with Gasteiger partial charge in [0, 0.05) is 6.04 Å². The lowest BCUT2D eigenvalue weighted by molar-refractivity contribution is -0.142. The van der Waals surface area contributed by atoms with Crippen LogP contribution in [0.3, 0.4) is 0 Å². The van der Waals surface area contributed by atoms with Crippen molar-refractivity contribution in [1.29, 1.82) is 0 Å². The second kappa shape index (κ2) is 3.37. The Morgan fingerprint density at radius 2 is 1.94 bits per heavy atom. The summed E-state index contributed by atoms with van der Waals surface area (Å²) in [6, 6.07) is -0.602. The normalized spacial score (nSPS) is 32.2. The maximum atomic E-state index is 11.9. The van der Waals surface area contributed by atoms with Crippen molar-refractivity contribution < 1.29 is 19.4 Å². The average Bonchev–Trinajstić information content (AvgIpc) is 2.73. The zero-order valence-electron chi connectivity index (χ0n) is 9.77. The Balaban J connectivity index is 2.07. The summed E-state index contributed by atoms with van der Waals surface area (Å²) >= 11 is 0. The molecule has 2 rings (SSSR count). The summed E-state index contributed by atoms with van der Waals surface area (Å²) in [6.07, 6.45) is 0.993. The van der Waals surface area contributed by atoms with E-state index in [0.717, 1.165) is 6.42 Å². The Morgan fingerprint density at radius 1 is 1.31 bits per heavy atom. The molecule has 2 unspecified atom stereocenters. The number of carboxylic acid groups (broad SMARTS) is 1. The van der Waals surface area contributed by atoms with Crippen LogP contribution in [0.5, 0.6) is 0 Å². The number of likely N-dealkylation sites (tertiary alicyclic amines) is 1. The van der Waals surface area contributed by atoms with Gasteiger partial charge in [0.2, 0.25) is 0 Å². The fourth-order valence-corrected chi connectivity index (χ4v) is 2.25. The monoisotopic (exact) mass is 227 g/mol. The molecule has 5 nitrogen and oxygen atoms in total. The summed E-state index contributed by atoms with van der Waals surface area (Å²) in [5, 5.41) is 9.02. The number of piperidine rings is 1. The second-order valence-corrected chi connectivity index (χ2v) is 5.54. The molecule has 2 fully saturated rings. The van der Waals surface area contributed by atoms with E-state index in [9.17, 15) is 9.59 Å². The van der Waals surface area contributed by atoms with Gasteiger partial charge in [0.25, 0.3) is 0 Å². The van der Waals surface area contributed by atoms with E-state index in [-0.39, 0.29) is 6.04 Å². The average molecular weight is 227 g/mol. The molecule has 5 heteroatoms. The number of rotatable bonds is 1. The van der Waals surface area contributed by atoms with Gasteiger partial charge in [-0.15, -0.1) is 0 Å². The molecular weight excluding hydrogens is 210 g/mol. The van der Waals surface area contributed by atoms with E-state index in [1.54, 1.807) is 20.8 Å². The predicted octanol–water partition coefficient (Wildman–Crippen LogP) is 1.47. The molecular formula is C11H17NO4. The number of carbonyl (C=O) groups is 2. The molecule has 1 aliphatic heterocycles. The number of carbonyl (C=O) groups excluding carboxylic acids is 1. The smallest absolute Gasteiger partial charge is 0.411 e. The Labute approximate surface area is 94.4 Å². The zero-order chi connectivity index (χ0) is 12.1. The van der Waals surface area contributed by atoms with E-state index in [2.05, 4.69) is 0 Å². The molecule has 3 atom stereocenters. The molecule has 0 aromatic carbocycles. The van der Waals surface area contributed by atoms with Gasteiger partial charge in [0.1, 0.15) is 11.6 Å². The first-order valence-electron chi connectivity index (χ1n) is 5.54. The van der Waals surface area contributed by atoms with Gasteiger partial charge in [-0.1, -0.05) is 0 Å². The topological polar surface area (TPSA) is 66.8 Å². The SMILES string of the molecule is CC(C)(C)OC(=O)N1C2CC2C[C@@H]1C(=O)O. The molecule has 90 valence electrons. The third-order valence-electron chi connectivity index (χ3n) is 2.99. The van der Waals surface area contributed by atoms with Crippen LogP contribution >= 0.6 is 0 Å². The van der Waals surface area contributed by atoms with E-state index in [0.29, 0.717) is 12.3 Å². The van der Waals surface area contributed by atoms with Gasteiger partial charge in [-0.25, -0.2) is 9.59 Å². The van der Waals surface area contributed by atoms with Crippen molar-refractivity contribution in [3.63, 3.8) is 0 Å². The number of hydrogen-bond acceptors (Lipinski definition) is 3. The molecule has 0 spiro atoms. The lowest BCUT2D eigenvalue weighted by Gasteiger charge is -2.28. The molecule has 1 heterocycles. The lowest BCUT2D eigenvalue weighted by atomic mass is 10.2. The first kappa shape index (κ1) is 11.2. The number of nitrogens with zero attached hydrogens (tertiary/aromatic N) is 1. The van der Waals surface area contributed by atoms with Crippen LogP contribution in [-0.4, -0.2) is 39.8 Å². The number of fused-ring (bicyclic) bond motifs is 1. The van der Waals surface area contributed by atoms with Crippen molar-refractivity contribution in [2.24, 2.45) is 5.92 Å². The third-order valence-corrected chi connectivity index (χ3v) is 2.99. The fraction of sp³-hybridized carbons (Fsp3) is 0.818. The predicted molar refractivity (Wildman–Crippen MR) is 56.0 cm³/mol. The highest BCUT2D eigenvalue weighted by Gasteiger charge is 2.57. The van der Waals surface area contributed by atoms with E-state index < -0.39 is 23.7 Å². The van der Waals surface area contributed by atoms with Crippen LogP contribution in [0.2, 0.25) is 0 Å². The van der Waals surface area contributed by atoms with Crippen LogP contribution in [0, 0.1) is 5.92 Å². The molecule has 2 aliphatic rings. The molecule has 1 saturated heterocycles. The van der Waals surface area contributed by atoms with Crippen LogP contribution < -0.4 is 0 Å². The van der Waals surface area contributed by atoms with Crippen LogP contribution in [-0.2, 0) is 9.53 Å². The van der Waals surface area contributed by atoms with Crippen LogP contribution in [0.15, 0.2) is 0 Å². The maximum absolute atomic E-state index is 11.9. The first-order valence-corrected chi connectivity index (χ1v) is 5.54. The molecule has 1 amide bonds. The summed E-state index contributed by atoms with van der Waals surface area (Å²) in [7, 11) is 0. The standard InChI is InChI=1S/C11H17NO4/c1-11(2,3)16-10(15)12-7-4-6(7)5-8(12)9(13)14/h6-8H,4-5H2,1-3H3,(H,13,14)/t6?,7?,8-/m1/s1. The number of amides is 1. The van der Waals surface area contributed by atoms with Crippen molar-refractivity contribution in [2.75, 3.05) is 0 Å². The summed E-state index contributed by atoms with van der Waals surface area (Å²) < 4.78 is 5.22. The molecule has 1 aliphatic carbocycles. The van der Waals surface area contributed by atoms with E-state index >= 15 is 0 Å². The molecule has 0 aromatic heterocycles. The van der Waals surface area contributed by atoms with Crippen LogP contribution in [0.25, 0.3) is 0 Å². The van der Waals surface area contributed by atoms with Crippen molar-refractivity contribution in [1.82, 2.24) is 4.90 Å². The van der Waals surface area contributed by atoms with Crippen LogP contribution in [0.4, 0.5) is 4.79 Å². The van der Waals surface area contributed by atoms with E-state index in [1.165, 1.54) is 4.90 Å². The maximum Gasteiger partial charge on any atom is 0.411 e. The van der Waals surface area contributed by atoms with Crippen LogP contribution in [0.1, 0.15) is 33.6 Å². The largest absolute Gasteiger partial charge is 0.480 e. The van der Waals surface area contributed by atoms with Gasteiger partial charge in [-0.05, 0) is 39.5 Å². The van der Waals surface area contributed by atoms with E-state index in [4.69, 9.17) is 9.84 Å². The molecule has 1 saturated carbocycles. The van der Waals surface area contributed by atoms with Gasteiger partial charge in [0.05, 0.1) is 0 Å². The summed E-state index contributed by atoms with van der Waals surface area (Å²) in [5.41, 5.74) is -0.576. The Bertz CT molecular complexity index is 333. The van der Waals surface area contributed by atoms with E-state index in [1.807, 2.05) is 0 Å². The minimum Gasteiger partial charge on any atom is -0.480 e. The molecule has 1 N–H and O–H groups in total. The summed E-state index contributed by atoms with van der Waals surface area (Å²) in [4.78, 5) is 24.3. The number of hydrogen-bond donors (Lipinski definition) is 1. The zero-order valence-corrected chi connectivity index (χ0v) is 9.77. The Hall–Kier alpha value is -1.26. The fourth-order valence-electron chi connectivity index (χ4n) is 2.25. The van der Waals surface area contributed by atoms with Gasteiger partial charge in [-0.3, -0.25) is 4.90 Å². The summed E-state index contributed by atoms with van der Waals surface area (Å²) in [6.45, 7) is 5.34. The third kappa shape index (κ3) is 1.99. The minimum atomic E-state index is -0.932.